The van der Waals surface area contributed by atoms with Gasteiger partial charge in [-0.2, -0.15) is 5.10 Å². The van der Waals surface area contributed by atoms with Crippen LogP contribution in [-0.2, 0) is 6.54 Å². The van der Waals surface area contributed by atoms with Crippen molar-refractivity contribution < 1.29 is 23.4 Å². The smallest absolute Gasteiger partial charge is 0.449 e. The predicted octanol–water partition coefficient (Wildman–Crippen LogP) is 3.62. The molecule has 2 aromatic heterocycles. The van der Waals surface area contributed by atoms with Gasteiger partial charge < -0.3 is 14.4 Å². The van der Waals surface area contributed by atoms with Gasteiger partial charge in [0.25, 0.3) is 0 Å². The number of carbonyl (C=O) groups is 1. The lowest BCUT2D eigenvalue weighted by Crippen LogP contribution is -2.16. The molecule has 2 heterocycles. The molecular formula is C19H11ClF2N4O4. The predicted molar refractivity (Wildman–Crippen MR) is 102 cm³/mol. The van der Waals surface area contributed by atoms with Crippen molar-refractivity contribution in [3.8, 4) is 11.4 Å². The molecular weight excluding hydrogens is 422 g/mol. The lowest BCUT2D eigenvalue weighted by Gasteiger charge is -2.15. The van der Waals surface area contributed by atoms with Gasteiger partial charge in [-0.1, -0.05) is 23.7 Å². The number of rotatable bonds is 4. The minimum Gasteiger partial charge on any atom is -0.449 e. The number of nitrogens with zero attached hydrogens (tertiary/aromatic N) is 4. The maximum atomic E-state index is 14.1. The summed E-state index contributed by atoms with van der Waals surface area (Å²) in [5.74, 6) is -3.25. The Balaban J connectivity index is 1.90. The standard InChI is InChI=1S/C19H11ClF2N4O4/c20-15-16(22)13(21)5-12-17(15)26(7-14(18(12)27)30-19(28)29)11-3-1-10(2-4-11)6-25-9-23-8-24-25/h1-5,7-9H,6H2,(H,28,29). The summed E-state index contributed by atoms with van der Waals surface area (Å²) in [6, 6.07) is 7.42. The van der Waals surface area contributed by atoms with Crippen LogP contribution in [0, 0.1) is 11.6 Å². The molecule has 30 heavy (non-hydrogen) atoms. The van der Waals surface area contributed by atoms with Gasteiger partial charge in [0.1, 0.15) is 17.7 Å². The van der Waals surface area contributed by atoms with Crippen LogP contribution in [0.25, 0.3) is 16.6 Å². The van der Waals surface area contributed by atoms with Crippen LogP contribution in [0.3, 0.4) is 0 Å². The topological polar surface area (TPSA) is 99.2 Å². The van der Waals surface area contributed by atoms with E-state index in [0.29, 0.717) is 18.3 Å². The second kappa shape index (κ2) is 7.56. The molecule has 4 aromatic rings. The first-order valence-electron chi connectivity index (χ1n) is 8.40. The second-order valence-electron chi connectivity index (χ2n) is 6.20. The SMILES string of the molecule is O=C(O)Oc1cn(-c2ccc(Cn3cncn3)cc2)c2c(Cl)c(F)c(F)cc2c1=O. The first kappa shape index (κ1) is 19.5. The maximum Gasteiger partial charge on any atom is 0.511 e. The summed E-state index contributed by atoms with van der Waals surface area (Å²) in [4.78, 5) is 27.3. The normalized spacial score (nSPS) is 11.0. The van der Waals surface area contributed by atoms with Crippen LogP contribution in [-0.4, -0.2) is 30.6 Å². The Morgan fingerprint density at radius 1 is 1.23 bits per heavy atom. The molecule has 152 valence electrons. The summed E-state index contributed by atoms with van der Waals surface area (Å²) in [6.45, 7) is 0.444. The number of ether oxygens (including phenoxy) is 1. The van der Waals surface area contributed by atoms with Gasteiger partial charge in [-0.3, -0.25) is 4.79 Å². The van der Waals surface area contributed by atoms with Crippen molar-refractivity contribution >= 4 is 28.7 Å². The molecule has 0 amide bonds. The van der Waals surface area contributed by atoms with Crippen molar-refractivity contribution in [1.29, 1.82) is 0 Å². The van der Waals surface area contributed by atoms with Crippen molar-refractivity contribution in [1.82, 2.24) is 19.3 Å². The fourth-order valence-electron chi connectivity index (χ4n) is 3.00. The summed E-state index contributed by atoms with van der Waals surface area (Å²) in [5.41, 5.74) is 0.208. The van der Waals surface area contributed by atoms with Gasteiger partial charge in [-0.25, -0.2) is 23.2 Å². The zero-order chi connectivity index (χ0) is 21.4. The number of aromatic nitrogens is 4. The van der Waals surface area contributed by atoms with Crippen LogP contribution in [0.2, 0.25) is 5.02 Å². The van der Waals surface area contributed by atoms with Crippen molar-refractivity contribution in [2.45, 2.75) is 6.54 Å². The first-order chi connectivity index (χ1) is 14.3. The van der Waals surface area contributed by atoms with Gasteiger partial charge in [0, 0.05) is 5.69 Å². The molecule has 0 fully saturated rings. The Hall–Kier alpha value is -3.79. The maximum absolute atomic E-state index is 14.1. The molecule has 0 aliphatic carbocycles. The third-order valence-electron chi connectivity index (χ3n) is 4.32. The highest BCUT2D eigenvalue weighted by atomic mass is 35.5. The highest BCUT2D eigenvalue weighted by Crippen LogP contribution is 2.30. The Kier molecular flexibility index (Phi) is 4.92. The molecule has 0 radical (unpaired) electrons. The Morgan fingerprint density at radius 3 is 2.60 bits per heavy atom. The molecule has 0 bridgehead atoms. The number of halogens is 3. The van der Waals surface area contributed by atoms with Crippen molar-refractivity contribution in [2.24, 2.45) is 0 Å². The molecule has 0 unspecified atom stereocenters. The minimum atomic E-state index is -1.73. The van der Waals surface area contributed by atoms with Gasteiger partial charge in [0.2, 0.25) is 5.43 Å². The van der Waals surface area contributed by atoms with Gasteiger partial charge >= 0.3 is 6.16 Å². The summed E-state index contributed by atoms with van der Waals surface area (Å²) in [5, 5.41) is 12.0. The molecule has 0 saturated carbocycles. The zero-order valence-electron chi connectivity index (χ0n) is 14.9. The average molecular weight is 433 g/mol. The van der Waals surface area contributed by atoms with Gasteiger partial charge in [0.05, 0.1) is 23.6 Å². The van der Waals surface area contributed by atoms with E-state index in [-0.39, 0.29) is 10.9 Å². The molecule has 0 aliphatic rings. The van der Waals surface area contributed by atoms with Gasteiger partial charge in [0.15, 0.2) is 17.4 Å². The molecule has 0 spiro atoms. The number of carboxylic acid groups (broad SMARTS) is 1. The Labute approximate surface area is 171 Å². The molecule has 0 aliphatic heterocycles. The second-order valence-corrected chi connectivity index (χ2v) is 6.58. The average Bonchev–Trinajstić information content (AvgIpc) is 3.22. The lowest BCUT2D eigenvalue weighted by atomic mass is 10.1. The summed E-state index contributed by atoms with van der Waals surface area (Å²) in [6.07, 6.45) is 2.29. The Morgan fingerprint density at radius 2 is 1.97 bits per heavy atom. The fourth-order valence-corrected chi connectivity index (χ4v) is 3.28. The van der Waals surface area contributed by atoms with E-state index in [1.165, 1.54) is 10.9 Å². The summed E-state index contributed by atoms with van der Waals surface area (Å²) >= 11 is 5.99. The van der Waals surface area contributed by atoms with Crippen LogP contribution in [0.1, 0.15) is 5.56 Å². The number of benzene rings is 2. The monoisotopic (exact) mass is 432 g/mol. The molecule has 0 saturated heterocycles. The van der Waals surface area contributed by atoms with E-state index >= 15 is 0 Å². The number of pyridine rings is 1. The molecule has 1 N–H and O–H groups in total. The van der Waals surface area contributed by atoms with Crippen LogP contribution >= 0.6 is 11.6 Å². The fraction of sp³-hybridized carbons (Fsp3) is 0.0526. The van der Waals surface area contributed by atoms with Crippen molar-refractivity contribution in [2.75, 3.05) is 0 Å². The molecule has 4 rings (SSSR count). The van der Waals surface area contributed by atoms with E-state index in [2.05, 4.69) is 14.8 Å². The van der Waals surface area contributed by atoms with Crippen LogP contribution < -0.4 is 10.2 Å². The van der Waals surface area contributed by atoms with E-state index in [4.69, 9.17) is 16.7 Å². The lowest BCUT2D eigenvalue weighted by molar-refractivity contribution is 0.144. The van der Waals surface area contributed by atoms with Crippen LogP contribution in [0.15, 0.2) is 54.0 Å². The van der Waals surface area contributed by atoms with E-state index in [1.807, 2.05) is 0 Å². The molecule has 8 nitrogen and oxygen atoms in total. The van der Waals surface area contributed by atoms with Gasteiger partial charge in [-0.05, 0) is 23.8 Å². The van der Waals surface area contributed by atoms with Crippen LogP contribution in [0.5, 0.6) is 5.75 Å². The third kappa shape index (κ3) is 3.48. The Bertz CT molecular complexity index is 1320. The largest absolute Gasteiger partial charge is 0.511 e. The van der Waals surface area contributed by atoms with Crippen molar-refractivity contribution in [3.63, 3.8) is 0 Å². The number of hydrogen-bond donors (Lipinski definition) is 1. The molecule has 0 atom stereocenters. The molecule has 2 aromatic carbocycles. The highest BCUT2D eigenvalue weighted by Gasteiger charge is 2.21. The van der Waals surface area contributed by atoms with E-state index in [1.54, 1.807) is 35.3 Å². The minimum absolute atomic E-state index is 0.123. The highest BCUT2D eigenvalue weighted by molar-refractivity contribution is 6.35. The van der Waals surface area contributed by atoms with E-state index in [9.17, 15) is 18.4 Å². The zero-order valence-corrected chi connectivity index (χ0v) is 15.7. The third-order valence-corrected chi connectivity index (χ3v) is 4.66. The van der Waals surface area contributed by atoms with E-state index in [0.717, 1.165) is 11.8 Å². The summed E-state index contributed by atoms with van der Waals surface area (Å²) in [7, 11) is 0. The van der Waals surface area contributed by atoms with E-state index < -0.39 is 34.0 Å². The number of hydrogen-bond acceptors (Lipinski definition) is 5. The summed E-state index contributed by atoms with van der Waals surface area (Å²) < 4.78 is 35.4. The number of fused-ring (bicyclic) bond motifs is 1. The molecule has 11 heteroatoms. The quantitative estimate of drug-likeness (QED) is 0.390. The first-order valence-corrected chi connectivity index (χ1v) is 8.78. The van der Waals surface area contributed by atoms with Crippen molar-refractivity contribution in [3.05, 3.63) is 81.6 Å². The van der Waals surface area contributed by atoms with Crippen LogP contribution in [0.4, 0.5) is 13.6 Å². The van der Waals surface area contributed by atoms with Gasteiger partial charge in [-0.15, -0.1) is 0 Å².